The van der Waals surface area contributed by atoms with Gasteiger partial charge in [0, 0.05) is 10.0 Å². The maximum absolute atomic E-state index is 13.4. The molecule has 0 spiro atoms. The molecule has 0 unspecified atom stereocenters. The van der Waals surface area contributed by atoms with Crippen molar-refractivity contribution in [2.75, 3.05) is 13.2 Å². The fourth-order valence-corrected chi connectivity index (χ4v) is 7.97. The van der Waals surface area contributed by atoms with Gasteiger partial charge in [0.1, 0.15) is 5.75 Å². The van der Waals surface area contributed by atoms with E-state index in [9.17, 15) is 14.4 Å². The average molecular weight is 580 g/mol. The molecule has 1 saturated heterocycles. The summed E-state index contributed by atoms with van der Waals surface area (Å²) in [5, 5.41) is 1.21. The molecule has 5 aliphatic rings. The van der Waals surface area contributed by atoms with Crippen LogP contribution >= 0.6 is 39.9 Å². The normalized spacial score (nSPS) is 30.2. The monoisotopic (exact) mass is 578 g/mol. The molecule has 2 amide bonds. The lowest BCUT2D eigenvalue weighted by Gasteiger charge is -2.55. The number of carbonyl (C=O) groups excluding carboxylic acids is 3. The van der Waals surface area contributed by atoms with Crippen LogP contribution in [-0.4, -0.2) is 40.3 Å². The number of thioether (sulfide) groups is 1. The minimum absolute atomic E-state index is 0.0740. The number of benzene rings is 1. The summed E-state index contributed by atoms with van der Waals surface area (Å²) < 4.78 is 11.6. The Morgan fingerprint density at radius 1 is 1.23 bits per heavy atom. The van der Waals surface area contributed by atoms with Crippen LogP contribution in [0.4, 0.5) is 0 Å². The van der Waals surface area contributed by atoms with Crippen LogP contribution in [0.1, 0.15) is 51.0 Å². The third-order valence-electron chi connectivity index (χ3n) is 7.44. The van der Waals surface area contributed by atoms with Crippen molar-refractivity contribution in [3.63, 3.8) is 0 Å². The Labute approximate surface area is 222 Å². The number of carbonyl (C=O) groups is 3. The second-order valence-electron chi connectivity index (χ2n) is 9.93. The highest BCUT2D eigenvalue weighted by Crippen LogP contribution is 2.60. The van der Waals surface area contributed by atoms with Crippen LogP contribution in [-0.2, 0) is 19.1 Å². The number of esters is 1. The zero-order valence-electron chi connectivity index (χ0n) is 19.4. The van der Waals surface area contributed by atoms with Gasteiger partial charge < -0.3 is 9.47 Å². The highest BCUT2D eigenvalue weighted by atomic mass is 79.9. The Hall–Kier alpha value is -1.91. The van der Waals surface area contributed by atoms with Gasteiger partial charge in [0.25, 0.3) is 5.91 Å². The molecule has 4 aliphatic carbocycles. The molecule has 186 valence electrons. The van der Waals surface area contributed by atoms with E-state index >= 15 is 0 Å². The van der Waals surface area contributed by atoms with E-state index in [-0.39, 0.29) is 30.4 Å². The summed E-state index contributed by atoms with van der Waals surface area (Å²) >= 11 is 10.0. The van der Waals surface area contributed by atoms with Crippen LogP contribution in [0.5, 0.6) is 5.75 Å². The van der Waals surface area contributed by atoms with Crippen molar-refractivity contribution in [2.24, 2.45) is 23.2 Å². The topological polar surface area (TPSA) is 84.9 Å². The van der Waals surface area contributed by atoms with Gasteiger partial charge in [0.05, 0.1) is 16.9 Å². The van der Waals surface area contributed by atoms with Crippen LogP contribution in [0.3, 0.4) is 0 Å². The van der Waals surface area contributed by atoms with Crippen molar-refractivity contribution >= 4 is 68.1 Å². The van der Waals surface area contributed by atoms with E-state index in [1.165, 1.54) is 24.3 Å². The SMILES string of the molecule is CCOC(=O)COc1ccc(Br)cc1/C=C1/SC(=S)N(NC(=O)C23CC4CC(CC(C4)C2)C3)C1=O. The van der Waals surface area contributed by atoms with Crippen molar-refractivity contribution in [2.45, 2.75) is 45.4 Å². The zero-order chi connectivity index (χ0) is 24.7. The van der Waals surface area contributed by atoms with Crippen molar-refractivity contribution in [3.05, 3.63) is 33.1 Å². The van der Waals surface area contributed by atoms with Crippen molar-refractivity contribution < 1.29 is 23.9 Å². The molecule has 1 aromatic carbocycles. The average Bonchev–Trinajstić information content (AvgIpc) is 3.05. The van der Waals surface area contributed by atoms with Crippen molar-refractivity contribution in [3.8, 4) is 5.75 Å². The summed E-state index contributed by atoms with van der Waals surface area (Å²) in [6.07, 6.45) is 8.12. The zero-order valence-corrected chi connectivity index (χ0v) is 22.6. The fraction of sp³-hybridized carbons (Fsp3) is 0.520. The molecule has 0 aromatic heterocycles. The first kappa shape index (κ1) is 24.8. The molecule has 4 saturated carbocycles. The number of hydrogen-bond donors (Lipinski definition) is 1. The minimum atomic E-state index is -0.472. The number of ether oxygens (including phenoxy) is 2. The van der Waals surface area contributed by atoms with Gasteiger partial charge in [0.2, 0.25) is 5.91 Å². The summed E-state index contributed by atoms with van der Waals surface area (Å²) in [5.41, 5.74) is 3.10. The summed E-state index contributed by atoms with van der Waals surface area (Å²) in [7, 11) is 0. The summed E-state index contributed by atoms with van der Waals surface area (Å²) in [4.78, 5) is 38.8. The van der Waals surface area contributed by atoms with Crippen LogP contribution < -0.4 is 10.2 Å². The van der Waals surface area contributed by atoms with E-state index < -0.39 is 5.97 Å². The molecule has 10 heteroatoms. The van der Waals surface area contributed by atoms with Crippen molar-refractivity contribution in [1.29, 1.82) is 0 Å². The van der Waals surface area contributed by atoms with Gasteiger partial charge in [-0.3, -0.25) is 15.0 Å². The third-order valence-corrected chi connectivity index (χ3v) is 9.23. The number of hydrogen-bond acceptors (Lipinski definition) is 7. The van der Waals surface area contributed by atoms with Crippen LogP contribution in [0.25, 0.3) is 6.08 Å². The number of nitrogens with one attached hydrogen (secondary N) is 1. The van der Waals surface area contributed by atoms with Gasteiger partial charge in [0.15, 0.2) is 10.9 Å². The van der Waals surface area contributed by atoms with Gasteiger partial charge >= 0.3 is 5.97 Å². The Kier molecular flexibility index (Phi) is 6.98. The van der Waals surface area contributed by atoms with Gasteiger partial charge in [-0.1, -0.05) is 27.7 Å². The largest absolute Gasteiger partial charge is 0.481 e. The number of nitrogens with zero attached hydrogens (tertiary/aromatic N) is 1. The molecule has 5 fully saturated rings. The second-order valence-corrected chi connectivity index (χ2v) is 12.5. The summed E-state index contributed by atoms with van der Waals surface area (Å²) in [6.45, 7) is 1.76. The molecular weight excluding hydrogens is 552 g/mol. The molecule has 6 rings (SSSR count). The van der Waals surface area contributed by atoms with E-state index in [2.05, 4.69) is 21.4 Å². The smallest absolute Gasteiger partial charge is 0.344 e. The Balaban J connectivity index is 1.31. The van der Waals surface area contributed by atoms with Crippen molar-refractivity contribution in [1.82, 2.24) is 10.4 Å². The number of amides is 2. The van der Waals surface area contributed by atoms with Gasteiger partial charge in [-0.15, -0.1) is 0 Å². The lowest BCUT2D eigenvalue weighted by molar-refractivity contribution is -0.152. The first-order chi connectivity index (χ1) is 16.8. The van der Waals surface area contributed by atoms with E-state index in [0.29, 0.717) is 38.3 Å². The molecule has 4 bridgehead atoms. The van der Waals surface area contributed by atoms with Crippen LogP contribution in [0.2, 0.25) is 0 Å². The lowest BCUT2D eigenvalue weighted by atomic mass is 9.49. The molecule has 7 nitrogen and oxygen atoms in total. The fourth-order valence-electron chi connectivity index (χ4n) is 6.42. The summed E-state index contributed by atoms with van der Waals surface area (Å²) in [5.74, 6) is 1.40. The maximum atomic E-state index is 13.4. The Bertz CT molecular complexity index is 1090. The van der Waals surface area contributed by atoms with E-state index in [1.807, 2.05) is 0 Å². The molecule has 0 atom stereocenters. The Morgan fingerprint density at radius 3 is 2.51 bits per heavy atom. The quantitative estimate of drug-likeness (QED) is 0.281. The van der Waals surface area contributed by atoms with Crippen LogP contribution in [0, 0.1) is 23.2 Å². The second kappa shape index (κ2) is 9.86. The Morgan fingerprint density at radius 2 is 1.89 bits per heavy atom. The minimum Gasteiger partial charge on any atom is -0.481 e. The molecular formula is C25H27BrN2O5S2. The number of hydrazine groups is 1. The van der Waals surface area contributed by atoms with E-state index in [1.54, 1.807) is 31.2 Å². The highest BCUT2D eigenvalue weighted by molar-refractivity contribution is 9.10. The number of rotatable bonds is 7. The highest BCUT2D eigenvalue weighted by Gasteiger charge is 2.55. The summed E-state index contributed by atoms with van der Waals surface area (Å²) in [6, 6.07) is 5.29. The molecule has 35 heavy (non-hydrogen) atoms. The number of halogens is 1. The predicted octanol–water partition coefficient (Wildman–Crippen LogP) is 4.84. The predicted molar refractivity (Wildman–Crippen MR) is 140 cm³/mol. The molecule has 1 aliphatic heterocycles. The number of thiocarbonyl (C=S) groups is 1. The molecule has 1 heterocycles. The first-order valence-corrected chi connectivity index (χ1v) is 13.9. The van der Waals surface area contributed by atoms with E-state index in [0.717, 1.165) is 35.5 Å². The van der Waals surface area contributed by atoms with Gasteiger partial charge in [-0.2, -0.15) is 5.01 Å². The third kappa shape index (κ3) is 5.02. The maximum Gasteiger partial charge on any atom is 0.344 e. The van der Waals surface area contributed by atoms with Crippen LogP contribution in [0.15, 0.2) is 27.6 Å². The molecule has 1 N–H and O–H groups in total. The first-order valence-electron chi connectivity index (χ1n) is 11.9. The molecule has 1 aromatic rings. The molecule has 0 radical (unpaired) electrons. The van der Waals surface area contributed by atoms with Gasteiger partial charge in [-0.05, 0) is 99.7 Å². The standard InChI is InChI=1S/C25H27BrN2O5S2/c1-2-32-21(29)13-33-19-4-3-18(26)8-17(19)9-20-22(30)28(24(34)35-20)27-23(31)25-10-14-5-15(11-25)7-16(6-14)12-25/h3-4,8-9,14-16H,2,5-7,10-13H2,1H3,(H,27,31)/b20-9+. The van der Waals surface area contributed by atoms with Gasteiger partial charge in [-0.25, -0.2) is 4.79 Å². The van der Waals surface area contributed by atoms with E-state index in [4.69, 9.17) is 21.7 Å². The lowest BCUT2D eigenvalue weighted by Crippen LogP contribution is -2.57.